The molecule has 29 heavy (non-hydrogen) atoms. The Kier molecular flexibility index (Phi) is 6.79. The average Bonchev–Trinajstić information content (AvgIpc) is 2.77. The Morgan fingerprint density at radius 1 is 0.931 bits per heavy atom. The Labute approximate surface area is 170 Å². The van der Waals surface area contributed by atoms with Crippen molar-refractivity contribution in [1.29, 1.82) is 0 Å². The van der Waals surface area contributed by atoms with E-state index in [-0.39, 0.29) is 11.8 Å². The number of nitrogens with one attached hydrogen (secondary N) is 2. The quantitative estimate of drug-likeness (QED) is 0.596. The Morgan fingerprint density at radius 2 is 1.69 bits per heavy atom. The van der Waals surface area contributed by atoms with E-state index in [1.54, 1.807) is 37.5 Å². The smallest absolute Gasteiger partial charge is 0.251 e. The van der Waals surface area contributed by atoms with Crippen LogP contribution in [0.2, 0.25) is 0 Å². The number of hydrogen-bond donors (Lipinski definition) is 2. The van der Waals surface area contributed by atoms with Crippen LogP contribution >= 0.6 is 0 Å². The number of amides is 2. The van der Waals surface area contributed by atoms with Gasteiger partial charge in [0.15, 0.2) is 0 Å². The highest BCUT2D eigenvalue weighted by Crippen LogP contribution is 2.19. The summed E-state index contributed by atoms with van der Waals surface area (Å²) in [5.41, 5.74) is 2.85. The molecule has 0 aromatic heterocycles. The fourth-order valence-electron chi connectivity index (χ4n) is 2.77. The van der Waals surface area contributed by atoms with Crippen molar-refractivity contribution in [3.63, 3.8) is 0 Å². The standard InChI is InChI=1S/C24H22N2O3/c1-29-22-13-6-5-10-19(22)14-15-23(27)26-21-12-7-11-20(16-21)24(28)25-17-18-8-3-2-4-9-18/h2-16H,17H2,1H3,(H,25,28)(H,26,27)/b15-14+. The monoisotopic (exact) mass is 386 g/mol. The molecule has 0 heterocycles. The Bertz CT molecular complexity index is 1010. The highest BCUT2D eigenvalue weighted by Gasteiger charge is 2.07. The lowest BCUT2D eigenvalue weighted by atomic mass is 10.1. The van der Waals surface area contributed by atoms with Gasteiger partial charge in [0.1, 0.15) is 5.75 Å². The van der Waals surface area contributed by atoms with Crippen LogP contribution in [0.15, 0.2) is 84.9 Å². The second-order valence-corrected chi connectivity index (χ2v) is 6.31. The zero-order valence-electron chi connectivity index (χ0n) is 16.1. The zero-order chi connectivity index (χ0) is 20.5. The van der Waals surface area contributed by atoms with Crippen molar-refractivity contribution < 1.29 is 14.3 Å². The molecule has 0 aliphatic rings. The first kappa shape index (κ1) is 19.9. The predicted molar refractivity (Wildman–Crippen MR) is 115 cm³/mol. The summed E-state index contributed by atoms with van der Waals surface area (Å²) in [6, 6.07) is 23.9. The van der Waals surface area contributed by atoms with E-state index in [0.29, 0.717) is 23.5 Å². The van der Waals surface area contributed by atoms with E-state index in [0.717, 1.165) is 11.1 Å². The van der Waals surface area contributed by atoms with Gasteiger partial charge in [-0.05, 0) is 35.9 Å². The minimum atomic E-state index is -0.294. The summed E-state index contributed by atoms with van der Waals surface area (Å²) in [4.78, 5) is 24.6. The third-order valence-corrected chi connectivity index (χ3v) is 4.24. The molecule has 0 radical (unpaired) electrons. The topological polar surface area (TPSA) is 67.4 Å². The van der Waals surface area contributed by atoms with Crippen molar-refractivity contribution in [2.75, 3.05) is 12.4 Å². The maximum Gasteiger partial charge on any atom is 0.251 e. The van der Waals surface area contributed by atoms with Crippen LogP contribution in [-0.2, 0) is 11.3 Å². The fourth-order valence-corrected chi connectivity index (χ4v) is 2.77. The summed E-state index contributed by atoms with van der Waals surface area (Å²) in [5, 5.41) is 5.65. The van der Waals surface area contributed by atoms with Crippen LogP contribution < -0.4 is 15.4 Å². The van der Waals surface area contributed by atoms with Crippen LogP contribution in [0.1, 0.15) is 21.5 Å². The molecule has 2 N–H and O–H groups in total. The third kappa shape index (κ3) is 5.81. The van der Waals surface area contributed by atoms with E-state index >= 15 is 0 Å². The minimum Gasteiger partial charge on any atom is -0.496 e. The second-order valence-electron chi connectivity index (χ2n) is 6.31. The number of carbonyl (C=O) groups excluding carboxylic acids is 2. The van der Waals surface area contributed by atoms with Crippen molar-refractivity contribution in [3.8, 4) is 5.75 Å². The molecule has 3 aromatic rings. The van der Waals surface area contributed by atoms with Crippen molar-refractivity contribution in [2.24, 2.45) is 0 Å². The summed E-state index contributed by atoms with van der Waals surface area (Å²) in [7, 11) is 1.58. The molecular formula is C24H22N2O3. The minimum absolute atomic E-state index is 0.200. The van der Waals surface area contributed by atoms with Crippen molar-refractivity contribution in [3.05, 3.63) is 102 Å². The molecule has 0 fully saturated rings. The fraction of sp³-hybridized carbons (Fsp3) is 0.0833. The Hall–Kier alpha value is -3.86. The Morgan fingerprint density at radius 3 is 2.48 bits per heavy atom. The third-order valence-electron chi connectivity index (χ3n) is 4.24. The molecule has 3 aromatic carbocycles. The number of methoxy groups -OCH3 is 1. The Balaban J connectivity index is 1.61. The van der Waals surface area contributed by atoms with Gasteiger partial charge in [-0.2, -0.15) is 0 Å². The molecule has 3 rings (SSSR count). The molecule has 0 bridgehead atoms. The molecule has 5 nitrogen and oxygen atoms in total. The summed E-state index contributed by atoms with van der Waals surface area (Å²) in [5.74, 6) is 0.195. The highest BCUT2D eigenvalue weighted by molar-refractivity contribution is 6.03. The first-order valence-electron chi connectivity index (χ1n) is 9.20. The van der Waals surface area contributed by atoms with Crippen LogP contribution in [0.5, 0.6) is 5.75 Å². The van der Waals surface area contributed by atoms with E-state index < -0.39 is 0 Å². The molecule has 146 valence electrons. The van der Waals surface area contributed by atoms with Crippen molar-refractivity contribution >= 4 is 23.6 Å². The van der Waals surface area contributed by atoms with E-state index in [1.165, 1.54) is 6.08 Å². The molecule has 0 saturated carbocycles. The maximum absolute atomic E-state index is 12.4. The van der Waals surface area contributed by atoms with Crippen LogP contribution in [0.4, 0.5) is 5.69 Å². The van der Waals surface area contributed by atoms with Gasteiger partial charge in [0, 0.05) is 29.4 Å². The van der Waals surface area contributed by atoms with Gasteiger partial charge in [0.25, 0.3) is 5.91 Å². The molecular weight excluding hydrogens is 364 g/mol. The normalized spacial score (nSPS) is 10.5. The van der Waals surface area contributed by atoms with Gasteiger partial charge in [-0.15, -0.1) is 0 Å². The van der Waals surface area contributed by atoms with Crippen LogP contribution in [-0.4, -0.2) is 18.9 Å². The van der Waals surface area contributed by atoms with Crippen LogP contribution in [0.3, 0.4) is 0 Å². The van der Waals surface area contributed by atoms with Gasteiger partial charge >= 0.3 is 0 Å². The van der Waals surface area contributed by atoms with Gasteiger partial charge in [-0.25, -0.2) is 0 Å². The molecule has 0 aliphatic heterocycles. The summed E-state index contributed by atoms with van der Waals surface area (Å²) in [6.07, 6.45) is 3.12. The molecule has 5 heteroatoms. The van der Waals surface area contributed by atoms with E-state index in [1.807, 2.05) is 54.6 Å². The summed E-state index contributed by atoms with van der Waals surface area (Å²) in [6.45, 7) is 0.442. The summed E-state index contributed by atoms with van der Waals surface area (Å²) >= 11 is 0. The molecule has 0 saturated heterocycles. The van der Waals surface area contributed by atoms with E-state index in [9.17, 15) is 9.59 Å². The van der Waals surface area contributed by atoms with Crippen molar-refractivity contribution in [2.45, 2.75) is 6.54 Å². The first-order chi connectivity index (χ1) is 14.2. The molecule has 0 spiro atoms. The highest BCUT2D eigenvalue weighted by atomic mass is 16.5. The largest absolute Gasteiger partial charge is 0.496 e. The first-order valence-corrected chi connectivity index (χ1v) is 9.20. The average molecular weight is 386 g/mol. The molecule has 0 unspecified atom stereocenters. The van der Waals surface area contributed by atoms with Gasteiger partial charge in [0.2, 0.25) is 5.91 Å². The number of rotatable bonds is 7. The zero-order valence-corrected chi connectivity index (χ0v) is 16.1. The van der Waals surface area contributed by atoms with Gasteiger partial charge in [-0.3, -0.25) is 9.59 Å². The van der Waals surface area contributed by atoms with Crippen LogP contribution in [0.25, 0.3) is 6.08 Å². The lowest BCUT2D eigenvalue weighted by Gasteiger charge is -2.08. The molecule has 0 aliphatic carbocycles. The number of ether oxygens (including phenoxy) is 1. The number of anilines is 1. The predicted octanol–water partition coefficient (Wildman–Crippen LogP) is 4.28. The van der Waals surface area contributed by atoms with E-state index in [2.05, 4.69) is 10.6 Å². The SMILES string of the molecule is COc1ccccc1/C=C/C(=O)Nc1cccc(C(=O)NCc2ccccc2)c1. The van der Waals surface area contributed by atoms with Gasteiger partial charge in [0.05, 0.1) is 7.11 Å². The maximum atomic E-state index is 12.4. The number of carbonyl (C=O) groups is 2. The van der Waals surface area contributed by atoms with Gasteiger partial charge in [-0.1, -0.05) is 54.6 Å². The number of hydrogen-bond acceptors (Lipinski definition) is 3. The van der Waals surface area contributed by atoms with E-state index in [4.69, 9.17) is 4.74 Å². The number of para-hydroxylation sites is 1. The van der Waals surface area contributed by atoms with Crippen molar-refractivity contribution in [1.82, 2.24) is 5.32 Å². The second kappa shape index (κ2) is 9.90. The molecule has 0 atom stereocenters. The number of benzene rings is 3. The molecule has 2 amide bonds. The lowest BCUT2D eigenvalue weighted by molar-refractivity contribution is -0.111. The lowest BCUT2D eigenvalue weighted by Crippen LogP contribution is -2.22. The van der Waals surface area contributed by atoms with Gasteiger partial charge < -0.3 is 15.4 Å². The summed E-state index contributed by atoms with van der Waals surface area (Å²) < 4.78 is 5.27. The van der Waals surface area contributed by atoms with Crippen LogP contribution in [0, 0.1) is 0 Å².